The third-order valence-corrected chi connectivity index (χ3v) is 4.11. The monoisotopic (exact) mass is 360 g/mol. The van der Waals surface area contributed by atoms with Gasteiger partial charge in [-0.15, -0.1) is 0 Å². The molecule has 0 atom stereocenters. The topological polar surface area (TPSA) is 87.8 Å². The zero-order valence-electron chi connectivity index (χ0n) is 13.7. The average molecular weight is 361 g/mol. The molecule has 0 aromatic carbocycles. The van der Waals surface area contributed by atoms with E-state index in [0.717, 1.165) is 16.8 Å². The molecule has 1 saturated heterocycles. The summed E-state index contributed by atoms with van der Waals surface area (Å²) in [5.74, 6) is 0.348. The molecule has 1 aliphatic heterocycles. The molecule has 0 spiro atoms. The number of aromatic nitrogens is 2. The fourth-order valence-electron chi connectivity index (χ4n) is 2.67. The second kappa shape index (κ2) is 7.43. The second-order valence-corrected chi connectivity index (χ2v) is 6.17. The minimum atomic E-state index is -0.659. The molecule has 25 heavy (non-hydrogen) atoms. The van der Waals surface area contributed by atoms with E-state index in [-0.39, 0.29) is 0 Å². The number of hydrogen-bond donors (Lipinski definition) is 0. The summed E-state index contributed by atoms with van der Waals surface area (Å²) in [6.07, 6.45) is 3.45. The lowest BCUT2D eigenvalue weighted by atomic mass is 10.2. The van der Waals surface area contributed by atoms with Crippen LogP contribution in [0.5, 0.6) is 0 Å². The van der Waals surface area contributed by atoms with Crippen molar-refractivity contribution < 1.29 is 5.03 Å². The van der Waals surface area contributed by atoms with Crippen LogP contribution in [-0.4, -0.2) is 43.8 Å². The van der Waals surface area contributed by atoms with Gasteiger partial charge in [0.15, 0.2) is 5.03 Å². The Bertz CT molecular complexity index is 721. The molecule has 3 rings (SSSR count). The lowest BCUT2D eigenvalue weighted by Crippen LogP contribution is -2.34. The first-order chi connectivity index (χ1) is 12.0. The molecule has 2 aromatic rings. The Hall–Kier alpha value is -2.74. The van der Waals surface area contributed by atoms with E-state index in [0.29, 0.717) is 37.3 Å². The molecule has 0 saturated carbocycles. The van der Waals surface area contributed by atoms with Crippen molar-refractivity contribution in [3.63, 3.8) is 0 Å². The molecular formula is C16H17ClN6O2. The molecule has 0 unspecified atom stereocenters. The van der Waals surface area contributed by atoms with Crippen molar-refractivity contribution in [1.82, 2.24) is 19.8 Å². The highest BCUT2D eigenvalue weighted by Crippen LogP contribution is 2.17. The maximum absolute atomic E-state index is 11.0. The number of guanidine groups is 1. The van der Waals surface area contributed by atoms with Gasteiger partial charge >= 0.3 is 0 Å². The summed E-state index contributed by atoms with van der Waals surface area (Å²) in [5.41, 5.74) is 2.83. The van der Waals surface area contributed by atoms with Crippen LogP contribution in [0.4, 0.5) is 0 Å². The number of hydrogen-bond acceptors (Lipinski definition) is 4. The van der Waals surface area contributed by atoms with Crippen LogP contribution in [0.15, 0.2) is 41.8 Å². The Morgan fingerprint density at radius 2 is 1.72 bits per heavy atom. The van der Waals surface area contributed by atoms with Crippen LogP contribution in [0.2, 0.25) is 5.15 Å². The highest BCUT2D eigenvalue weighted by Gasteiger charge is 2.29. The molecule has 9 heteroatoms. The Morgan fingerprint density at radius 3 is 2.20 bits per heavy atom. The Kier molecular flexibility index (Phi) is 5.08. The minimum Gasteiger partial charge on any atom is -0.331 e. The van der Waals surface area contributed by atoms with E-state index < -0.39 is 5.03 Å². The van der Waals surface area contributed by atoms with Gasteiger partial charge in [0.1, 0.15) is 10.3 Å². The summed E-state index contributed by atoms with van der Waals surface area (Å²) in [7, 11) is 0. The van der Waals surface area contributed by atoms with Gasteiger partial charge in [-0.3, -0.25) is 4.98 Å². The number of nitro groups is 1. The number of halogens is 1. The van der Waals surface area contributed by atoms with Crippen LogP contribution in [0.1, 0.15) is 16.8 Å². The SMILES string of the molecule is Cc1ccc(CN2CCN(Cc3ccc(Cl)nc3)/C2=N/[N+](=O)[O-])cn1. The van der Waals surface area contributed by atoms with Crippen LogP contribution in [0, 0.1) is 17.0 Å². The Morgan fingerprint density at radius 1 is 1.12 bits per heavy atom. The van der Waals surface area contributed by atoms with Crippen molar-refractivity contribution in [1.29, 1.82) is 0 Å². The zero-order valence-corrected chi connectivity index (χ0v) is 14.4. The van der Waals surface area contributed by atoms with E-state index in [4.69, 9.17) is 11.6 Å². The van der Waals surface area contributed by atoms with Gasteiger partial charge in [-0.2, -0.15) is 0 Å². The van der Waals surface area contributed by atoms with Crippen LogP contribution < -0.4 is 0 Å². The predicted molar refractivity (Wildman–Crippen MR) is 93.5 cm³/mol. The van der Waals surface area contributed by atoms with E-state index in [9.17, 15) is 10.1 Å². The van der Waals surface area contributed by atoms with Gasteiger partial charge in [-0.05, 0) is 30.2 Å². The van der Waals surface area contributed by atoms with Crippen molar-refractivity contribution in [2.45, 2.75) is 20.0 Å². The lowest BCUT2D eigenvalue weighted by molar-refractivity contribution is -0.486. The quantitative estimate of drug-likeness (QED) is 0.462. The number of nitrogens with zero attached hydrogens (tertiary/aromatic N) is 6. The Labute approximate surface area is 149 Å². The van der Waals surface area contributed by atoms with Crippen molar-refractivity contribution in [3.05, 3.63) is 68.7 Å². The molecule has 0 aliphatic carbocycles. The molecule has 8 nitrogen and oxygen atoms in total. The van der Waals surface area contributed by atoms with E-state index >= 15 is 0 Å². The van der Waals surface area contributed by atoms with Gasteiger partial charge in [0, 0.05) is 44.3 Å². The normalized spacial score (nSPS) is 15.8. The average Bonchev–Trinajstić information content (AvgIpc) is 2.93. The van der Waals surface area contributed by atoms with Crippen LogP contribution in [-0.2, 0) is 13.1 Å². The molecule has 3 heterocycles. The summed E-state index contributed by atoms with van der Waals surface area (Å²) in [5, 5.41) is 14.3. The van der Waals surface area contributed by atoms with Gasteiger partial charge < -0.3 is 9.80 Å². The molecule has 0 amide bonds. The Balaban J connectivity index is 1.77. The third kappa shape index (κ3) is 4.42. The predicted octanol–water partition coefficient (Wildman–Crippen LogP) is 2.30. The first-order valence-corrected chi connectivity index (χ1v) is 8.14. The highest BCUT2D eigenvalue weighted by molar-refractivity contribution is 6.29. The molecule has 0 radical (unpaired) electrons. The standard InChI is InChI=1S/C16H17ClN6O2/c1-12-2-3-13(8-18-12)10-21-6-7-22(16(21)20-23(24)25)11-14-4-5-15(17)19-9-14/h2-5,8-9H,6-7,10-11H2,1H3/b20-16+. The molecule has 1 fully saturated rings. The number of hydrazone groups is 1. The molecule has 130 valence electrons. The van der Waals surface area contributed by atoms with E-state index in [2.05, 4.69) is 15.1 Å². The summed E-state index contributed by atoms with van der Waals surface area (Å²) in [6, 6.07) is 7.45. The number of pyridine rings is 2. The van der Waals surface area contributed by atoms with Crippen molar-refractivity contribution in [2.24, 2.45) is 5.10 Å². The highest BCUT2D eigenvalue weighted by atomic mass is 35.5. The van der Waals surface area contributed by atoms with Crippen molar-refractivity contribution in [3.8, 4) is 0 Å². The van der Waals surface area contributed by atoms with Crippen LogP contribution >= 0.6 is 11.6 Å². The number of rotatable bonds is 5. The molecule has 1 aliphatic rings. The minimum absolute atomic E-state index is 0.348. The lowest BCUT2D eigenvalue weighted by Gasteiger charge is -2.20. The van der Waals surface area contributed by atoms with E-state index in [1.807, 2.05) is 34.9 Å². The number of aryl methyl sites for hydroxylation is 1. The van der Waals surface area contributed by atoms with Crippen molar-refractivity contribution >= 4 is 17.6 Å². The van der Waals surface area contributed by atoms with Gasteiger partial charge in [-0.1, -0.05) is 23.7 Å². The molecule has 0 bridgehead atoms. The molecule has 2 aromatic heterocycles. The summed E-state index contributed by atoms with van der Waals surface area (Å²) in [4.78, 5) is 23.0. The summed E-state index contributed by atoms with van der Waals surface area (Å²) >= 11 is 5.80. The largest absolute Gasteiger partial charge is 0.331 e. The van der Waals surface area contributed by atoms with Crippen LogP contribution in [0.3, 0.4) is 0 Å². The molecule has 0 N–H and O–H groups in total. The third-order valence-electron chi connectivity index (χ3n) is 3.88. The summed E-state index contributed by atoms with van der Waals surface area (Å²) < 4.78 is 0. The van der Waals surface area contributed by atoms with E-state index in [1.165, 1.54) is 0 Å². The van der Waals surface area contributed by atoms with E-state index in [1.54, 1.807) is 18.5 Å². The van der Waals surface area contributed by atoms with Crippen LogP contribution in [0.25, 0.3) is 0 Å². The maximum atomic E-state index is 11.0. The van der Waals surface area contributed by atoms with Gasteiger partial charge in [0.2, 0.25) is 0 Å². The zero-order chi connectivity index (χ0) is 17.8. The fourth-order valence-corrected chi connectivity index (χ4v) is 2.78. The smallest absolute Gasteiger partial charge is 0.274 e. The molecular weight excluding hydrogens is 344 g/mol. The van der Waals surface area contributed by atoms with Gasteiger partial charge in [0.05, 0.1) is 0 Å². The van der Waals surface area contributed by atoms with Gasteiger partial charge in [0.25, 0.3) is 5.96 Å². The summed E-state index contributed by atoms with van der Waals surface area (Å²) in [6.45, 7) is 4.23. The maximum Gasteiger partial charge on any atom is 0.274 e. The first kappa shape index (κ1) is 17.1. The first-order valence-electron chi connectivity index (χ1n) is 7.76. The second-order valence-electron chi connectivity index (χ2n) is 5.78. The van der Waals surface area contributed by atoms with Crippen molar-refractivity contribution in [2.75, 3.05) is 13.1 Å². The fraction of sp³-hybridized carbons (Fsp3) is 0.312. The van der Waals surface area contributed by atoms with Gasteiger partial charge in [-0.25, -0.2) is 15.1 Å².